The minimum atomic E-state index is -0.0267. The minimum absolute atomic E-state index is 0.0267. The standard InChI is InChI=1S/C27H37N3O3/c1-21-16-17-26(31)22(20-21)24(30-25-14-8-7-12-23(25)28-29-30)13-6-4-2-3-5-10-18-32-27-15-9-11-19-33-27/h7-8,12,14,16-17,20,24,27,31H,2-6,9-11,13,15,18-19H2,1H3. The van der Waals surface area contributed by atoms with Crippen LogP contribution >= 0.6 is 0 Å². The molecule has 1 fully saturated rings. The van der Waals surface area contributed by atoms with Gasteiger partial charge in [0, 0.05) is 18.8 Å². The lowest BCUT2D eigenvalue weighted by Gasteiger charge is -2.22. The number of rotatable bonds is 12. The van der Waals surface area contributed by atoms with Crippen LogP contribution in [0.25, 0.3) is 11.0 Å². The Bertz CT molecular complexity index is 997. The van der Waals surface area contributed by atoms with Crippen molar-refractivity contribution < 1.29 is 14.6 Å². The molecule has 0 amide bonds. The van der Waals surface area contributed by atoms with E-state index in [0.29, 0.717) is 5.75 Å². The van der Waals surface area contributed by atoms with Gasteiger partial charge in [-0.2, -0.15) is 0 Å². The van der Waals surface area contributed by atoms with Crippen LogP contribution in [0.1, 0.15) is 81.4 Å². The summed E-state index contributed by atoms with van der Waals surface area (Å²) in [6.07, 6.45) is 11.4. The molecule has 1 saturated heterocycles. The van der Waals surface area contributed by atoms with E-state index in [1.165, 1.54) is 32.1 Å². The van der Waals surface area contributed by atoms with Gasteiger partial charge < -0.3 is 14.6 Å². The van der Waals surface area contributed by atoms with E-state index in [9.17, 15) is 5.11 Å². The normalized spacial score (nSPS) is 17.4. The van der Waals surface area contributed by atoms with E-state index >= 15 is 0 Å². The molecule has 1 aromatic heterocycles. The number of nitrogens with zero attached hydrogens (tertiary/aromatic N) is 3. The number of phenolic OH excluding ortho intramolecular Hbond substituents is 1. The molecule has 6 heteroatoms. The smallest absolute Gasteiger partial charge is 0.157 e. The Labute approximate surface area is 196 Å². The molecule has 0 saturated carbocycles. The molecule has 3 aromatic rings. The number of phenols is 1. The van der Waals surface area contributed by atoms with Gasteiger partial charge in [-0.3, -0.25) is 0 Å². The van der Waals surface area contributed by atoms with Gasteiger partial charge in [-0.25, -0.2) is 4.68 Å². The Morgan fingerprint density at radius 3 is 2.73 bits per heavy atom. The lowest BCUT2D eigenvalue weighted by atomic mass is 9.97. The molecular weight excluding hydrogens is 414 g/mol. The molecule has 1 aliphatic rings. The number of aryl methyl sites for hydroxylation is 1. The van der Waals surface area contributed by atoms with Crippen LogP contribution in [0.5, 0.6) is 5.75 Å². The number of aromatic nitrogens is 3. The van der Waals surface area contributed by atoms with Gasteiger partial charge >= 0.3 is 0 Å². The molecular formula is C27H37N3O3. The average molecular weight is 452 g/mol. The van der Waals surface area contributed by atoms with Crippen LogP contribution in [-0.4, -0.2) is 39.6 Å². The van der Waals surface area contributed by atoms with Crippen molar-refractivity contribution in [3.05, 3.63) is 53.6 Å². The van der Waals surface area contributed by atoms with Gasteiger partial charge in [0.15, 0.2) is 6.29 Å². The predicted molar refractivity (Wildman–Crippen MR) is 130 cm³/mol. The van der Waals surface area contributed by atoms with Crippen LogP contribution in [0.15, 0.2) is 42.5 Å². The maximum absolute atomic E-state index is 10.6. The second-order valence-corrected chi connectivity index (χ2v) is 9.18. The highest BCUT2D eigenvalue weighted by Gasteiger charge is 2.21. The third kappa shape index (κ3) is 6.55. The highest BCUT2D eigenvalue weighted by molar-refractivity contribution is 5.74. The Kier molecular flexibility index (Phi) is 8.72. The van der Waals surface area contributed by atoms with Crippen LogP contribution in [-0.2, 0) is 9.47 Å². The highest BCUT2D eigenvalue weighted by Crippen LogP contribution is 2.33. The predicted octanol–water partition coefficient (Wildman–Crippen LogP) is 6.31. The zero-order valence-electron chi connectivity index (χ0n) is 19.8. The summed E-state index contributed by atoms with van der Waals surface area (Å²) < 4.78 is 13.4. The Balaban J connectivity index is 1.26. The van der Waals surface area contributed by atoms with Crippen LogP contribution in [0, 0.1) is 6.92 Å². The molecule has 1 N–H and O–H groups in total. The molecule has 2 atom stereocenters. The molecule has 4 rings (SSSR count). The van der Waals surface area contributed by atoms with Crippen molar-refractivity contribution in [3.63, 3.8) is 0 Å². The van der Waals surface area contributed by atoms with E-state index in [1.807, 2.05) is 28.9 Å². The van der Waals surface area contributed by atoms with E-state index in [4.69, 9.17) is 9.47 Å². The molecule has 0 bridgehead atoms. The molecule has 0 spiro atoms. The molecule has 2 aromatic carbocycles. The summed E-state index contributed by atoms with van der Waals surface area (Å²) in [6.45, 7) is 3.71. The number of benzene rings is 2. The van der Waals surface area contributed by atoms with Gasteiger partial charge in [-0.05, 0) is 57.2 Å². The number of unbranched alkanes of at least 4 members (excludes halogenated alkanes) is 5. The van der Waals surface area contributed by atoms with Gasteiger partial charge in [0.05, 0.1) is 11.6 Å². The Hall–Kier alpha value is -2.44. The van der Waals surface area contributed by atoms with Gasteiger partial charge in [0.1, 0.15) is 11.3 Å². The fourth-order valence-electron chi connectivity index (χ4n) is 4.67. The lowest BCUT2D eigenvalue weighted by Crippen LogP contribution is -2.22. The first-order chi connectivity index (χ1) is 16.2. The van der Waals surface area contributed by atoms with Crippen molar-refractivity contribution in [1.82, 2.24) is 15.0 Å². The van der Waals surface area contributed by atoms with Crippen molar-refractivity contribution in [1.29, 1.82) is 0 Å². The molecule has 2 unspecified atom stereocenters. The molecule has 1 aliphatic heterocycles. The monoisotopic (exact) mass is 451 g/mol. The lowest BCUT2D eigenvalue weighted by molar-refractivity contribution is -0.162. The van der Waals surface area contributed by atoms with Crippen molar-refractivity contribution in [2.45, 2.75) is 83.5 Å². The first-order valence-electron chi connectivity index (χ1n) is 12.5. The summed E-state index contributed by atoms with van der Waals surface area (Å²) >= 11 is 0. The van der Waals surface area contributed by atoms with Crippen molar-refractivity contribution >= 4 is 11.0 Å². The van der Waals surface area contributed by atoms with Gasteiger partial charge in [-0.1, -0.05) is 67.1 Å². The molecule has 2 heterocycles. The van der Waals surface area contributed by atoms with Gasteiger partial charge in [0.2, 0.25) is 0 Å². The average Bonchev–Trinajstić information content (AvgIpc) is 3.27. The fraction of sp³-hybridized carbons (Fsp3) is 0.556. The van der Waals surface area contributed by atoms with E-state index in [2.05, 4.69) is 29.4 Å². The molecule has 0 radical (unpaired) electrons. The molecule has 178 valence electrons. The van der Waals surface area contributed by atoms with E-state index in [0.717, 1.165) is 67.5 Å². The number of para-hydroxylation sites is 1. The zero-order valence-corrected chi connectivity index (χ0v) is 19.8. The largest absolute Gasteiger partial charge is 0.508 e. The highest BCUT2D eigenvalue weighted by atomic mass is 16.7. The first kappa shape index (κ1) is 23.7. The van der Waals surface area contributed by atoms with Crippen molar-refractivity contribution in [2.75, 3.05) is 13.2 Å². The molecule has 6 nitrogen and oxygen atoms in total. The summed E-state index contributed by atoms with van der Waals surface area (Å²) in [7, 11) is 0. The first-order valence-corrected chi connectivity index (χ1v) is 12.5. The second kappa shape index (κ2) is 12.1. The SMILES string of the molecule is Cc1ccc(O)c(C(CCCCCCCCOC2CCCCO2)n2nnc3ccccc32)c1. The van der Waals surface area contributed by atoms with E-state index in [1.54, 1.807) is 6.07 Å². The molecule has 33 heavy (non-hydrogen) atoms. The molecule has 0 aliphatic carbocycles. The summed E-state index contributed by atoms with van der Waals surface area (Å²) in [5.41, 5.74) is 3.95. The fourth-order valence-corrected chi connectivity index (χ4v) is 4.67. The third-order valence-corrected chi connectivity index (χ3v) is 6.53. The van der Waals surface area contributed by atoms with Gasteiger partial charge in [0.25, 0.3) is 0 Å². The zero-order chi connectivity index (χ0) is 22.9. The van der Waals surface area contributed by atoms with Crippen LogP contribution in [0.2, 0.25) is 0 Å². The van der Waals surface area contributed by atoms with Crippen LogP contribution in [0.3, 0.4) is 0 Å². The summed E-state index contributed by atoms with van der Waals surface area (Å²) in [5.74, 6) is 0.326. The van der Waals surface area contributed by atoms with Crippen LogP contribution in [0.4, 0.5) is 0 Å². The van der Waals surface area contributed by atoms with Gasteiger partial charge in [-0.15, -0.1) is 5.10 Å². The number of ether oxygens (including phenoxy) is 2. The minimum Gasteiger partial charge on any atom is -0.508 e. The maximum Gasteiger partial charge on any atom is 0.157 e. The summed E-state index contributed by atoms with van der Waals surface area (Å²) in [5, 5.41) is 19.4. The van der Waals surface area contributed by atoms with Crippen LogP contribution < -0.4 is 0 Å². The van der Waals surface area contributed by atoms with Crippen molar-refractivity contribution in [3.8, 4) is 5.75 Å². The number of aromatic hydroxyl groups is 1. The third-order valence-electron chi connectivity index (χ3n) is 6.53. The number of fused-ring (bicyclic) bond motifs is 1. The summed E-state index contributed by atoms with van der Waals surface area (Å²) in [4.78, 5) is 0. The Morgan fingerprint density at radius 1 is 1.06 bits per heavy atom. The quantitative estimate of drug-likeness (QED) is 0.327. The second-order valence-electron chi connectivity index (χ2n) is 9.18. The topological polar surface area (TPSA) is 69.4 Å². The number of hydrogen-bond acceptors (Lipinski definition) is 5. The Morgan fingerprint density at radius 2 is 1.88 bits per heavy atom. The van der Waals surface area contributed by atoms with E-state index < -0.39 is 0 Å². The maximum atomic E-state index is 10.6. The number of hydrogen-bond donors (Lipinski definition) is 1. The summed E-state index contributed by atoms with van der Waals surface area (Å²) in [6, 6.07) is 13.8. The van der Waals surface area contributed by atoms with E-state index in [-0.39, 0.29) is 12.3 Å². The van der Waals surface area contributed by atoms with Crippen molar-refractivity contribution in [2.24, 2.45) is 0 Å².